The van der Waals surface area contributed by atoms with Gasteiger partial charge in [-0.25, -0.2) is 0 Å². The predicted octanol–water partition coefficient (Wildman–Crippen LogP) is -0.0568. The van der Waals surface area contributed by atoms with Crippen LogP contribution in [-0.4, -0.2) is 40.2 Å². The van der Waals surface area contributed by atoms with E-state index in [4.69, 9.17) is 5.11 Å². The molecule has 0 radical (unpaired) electrons. The van der Waals surface area contributed by atoms with E-state index in [1.807, 2.05) is 0 Å². The van der Waals surface area contributed by atoms with Crippen molar-refractivity contribution >= 4 is 22.4 Å². The molecule has 112 valence electrons. The van der Waals surface area contributed by atoms with Crippen LogP contribution in [0.4, 0.5) is 11.4 Å². The average Bonchev–Trinajstić information content (AvgIpc) is 2.44. The molecule has 0 aliphatic heterocycles. The van der Waals surface area contributed by atoms with E-state index >= 15 is 0 Å². The van der Waals surface area contributed by atoms with Crippen molar-refractivity contribution in [3.8, 4) is 0 Å². The SMILES string of the molecule is CN(CCCO)c1cc([N+](=O)[O-])cc2[nH]c(=O)c(=O)[nH]c12. The number of anilines is 1. The minimum absolute atomic E-state index is 0.0233. The van der Waals surface area contributed by atoms with Gasteiger partial charge in [0.2, 0.25) is 0 Å². The molecule has 0 aliphatic carbocycles. The van der Waals surface area contributed by atoms with Crippen molar-refractivity contribution in [3.63, 3.8) is 0 Å². The number of benzene rings is 1. The van der Waals surface area contributed by atoms with E-state index in [0.717, 1.165) is 0 Å². The molecular formula is C12H14N4O5. The molecule has 1 heterocycles. The third-order valence-corrected chi connectivity index (χ3v) is 3.07. The summed E-state index contributed by atoms with van der Waals surface area (Å²) in [5, 5.41) is 19.8. The number of fused-ring (bicyclic) bond motifs is 1. The first kappa shape index (κ1) is 14.7. The zero-order chi connectivity index (χ0) is 15.6. The number of hydrogen-bond acceptors (Lipinski definition) is 6. The van der Waals surface area contributed by atoms with Crippen molar-refractivity contribution in [1.82, 2.24) is 9.97 Å². The Morgan fingerprint density at radius 3 is 2.57 bits per heavy atom. The minimum Gasteiger partial charge on any atom is -0.396 e. The monoisotopic (exact) mass is 294 g/mol. The van der Waals surface area contributed by atoms with Crippen LogP contribution in [0, 0.1) is 10.1 Å². The number of nitro benzene ring substituents is 1. The number of aliphatic hydroxyl groups excluding tert-OH is 1. The van der Waals surface area contributed by atoms with Gasteiger partial charge < -0.3 is 20.0 Å². The molecule has 2 aromatic rings. The highest BCUT2D eigenvalue weighted by atomic mass is 16.6. The van der Waals surface area contributed by atoms with Gasteiger partial charge in [-0.1, -0.05) is 0 Å². The summed E-state index contributed by atoms with van der Waals surface area (Å²) in [5.41, 5.74) is -0.998. The lowest BCUT2D eigenvalue weighted by Gasteiger charge is -2.20. The molecule has 1 aromatic carbocycles. The fraction of sp³-hybridized carbons (Fsp3) is 0.333. The molecule has 0 bridgehead atoms. The van der Waals surface area contributed by atoms with Crippen molar-refractivity contribution in [1.29, 1.82) is 0 Å². The lowest BCUT2D eigenvalue weighted by molar-refractivity contribution is -0.384. The van der Waals surface area contributed by atoms with Crippen LogP contribution in [0.2, 0.25) is 0 Å². The molecule has 0 spiro atoms. The summed E-state index contributed by atoms with van der Waals surface area (Å²) in [4.78, 5) is 39.6. The highest BCUT2D eigenvalue weighted by molar-refractivity contribution is 5.90. The number of aliphatic hydroxyl groups is 1. The van der Waals surface area contributed by atoms with Gasteiger partial charge in [-0.3, -0.25) is 19.7 Å². The van der Waals surface area contributed by atoms with E-state index in [0.29, 0.717) is 24.2 Å². The Morgan fingerprint density at radius 2 is 1.95 bits per heavy atom. The third-order valence-electron chi connectivity index (χ3n) is 3.07. The van der Waals surface area contributed by atoms with Crippen molar-refractivity contribution < 1.29 is 10.0 Å². The normalized spacial score (nSPS) is 10.8. The van der Waals surface area contributed by atoms with E-state index in [1.54, 1.807) is 11.9 Å². The molecule has 9 heteroatoms. The first-order valence-electron chi connectivity index (χ1n) is 6.20. The summed E-state index contributed by atoms with van der Waals surface area (Å²) >= 11 is 0. The predicted molar refractivity (Wildman–Crippen MR) is 76.8 cm³/mol. The largest absolute Gasteiger partial charge is 0.396 e. The van der Waals surface area contributed by atoms with Crippen LogP contribution in [0.3, 0.4) is 0 Å². The Morgan fingerprint density at radius 1 is 1.29 bits per heavy atom. The highest BCUT2D eigenvalue weighted by Crippen LogP contribution is 2.28. The maximum atomic E-state index is 11.4. The van der Waals surface area contributed by atoms with Crippen LogP contribution in [-0.2, 0) is 0 Å². The van der Waals surface area contributed by atoms with E-state index in [-0.39, 0.29) is 17.8 Å². The zero-order valence-corrected chi connectivity index (χ0v) is 11.3. The molecule has 0 unspecified atom stereocenters. The summed E-state index contributed by atoms with van der Waals surface area (Å²) < 4.78 is 0. The Kier molecular flexibility index (Phi) is 4.03. The van der Waals surface area contributed by atoms with Gasteiger partial charge in [-0.2, -0.15) is 0 Å². The second-order valence-corrected chi connectivity index (χ2v) is 4.55. The second kappa shape index (κ2) is 5.75. The second-order valence-electron chi connectivity index (χ2n) is 4.55. The molecule has 0 atom stereocenters. The molecule has 2 rings (SSSR count). The first-order chi connectivity index (χ1) is 9.93. The number of nitrogens with one attached hydrogen (secondary N) is 2. The maximum Gasteiger partial charge on any atom is 0.314 e. The molecule has 0 amide bonds. The molecule has 21 heavy (non-hydrogen) atoms. The number of aromatic amines is 2. The quantitative estimate of drug-likeness (QED) is 0.402. The smallest absolute Gasteiger partial charge is 0.314 e. The number of non-ortho nitro benzene ring substituents is 1. The van der Waals surface area contributed by atoms with E-state index < -0.39 is 16.0 Å². The highest BCUT2D eigenvalue weighted by Gasteiger charge is 2.16. The van der Waals surface area contributed by atoms with Crippen molar-refractivity contribution in [2.45, 2.75) is 6.42 Å². The Balaban J connectivity index is 2.70. The Bertz CT molecular complexity index is 794. The topological polar surface area (TPSA) is 132 Å². The van der Waals surface area contributed by atoms with Crippen LogP contribution >= 0.6 is 0 Å². The maximum absolute atomic E-state index is 11.4. The van der Waals surface area contributed by atoms with Crippen LogP contribution < -0.4 is 16.0 Å². The van der Waals surface area contributed by atoms with E-state index in [9.17, 15) is 19.7 Å². The van der Waals surface area contributed by atoms with Crippen molar-refractivity contribution in [2.24, 2.45) is 0 Å². The molecule has 0 fully saturated rings. The lowest BCUT2D eigenvalue weighted by Crippen LogP contribution is -2.30. The van der Waals surface area contributed by atoms with Crippen LogP contribution in [0.1, 0.15) is 6.42 Å². The number of aromatic nitrogens is 2. The number of rotatable bonds is 5. The number of hydrogen-bond donors (Lipinski definition) is 3. The number of H-pyrrole nitrogens is 2. The summed E-state index contributed by atoms with van der Waals surface area (Å²) in [6.45, 7) is 0.415. The zero-order valence-electron chi connectivity index (χ0n) is 11.3. The molecule has 0 aliphatic rings. The molecule has 3 N–H and O–H groups in total. The van der Waals surface area contributed by atoms with Gasteiger partial charge in [0.25, 0.3) is 5.69 Å². The summed E-state index contributed by atoms with van der Waals surface area (Å²) in [6.07, 6.45) is 0.467. The van der Waals surface area contributed by atoms with Gasteiger partial charge in [0.15, 0.2) is 0 Å². The van der Waals surface area contributed by atoms with Gasteiger partial charge >= 0.3 is 11.1 Å². The number of nitro groups is 1. The molecule has 1 aromatic heterocycles. The summed E-state index contributed by atoms with van der Waals surface area (Å²) in [7, 11) is 1.68. The van der Waals surface area contributed by atoms with Gasteiger partial charge in [0.1, 0.15) is 0 Å². The van der Waals surface area contributed by atoms with Gasteiger partial charge in [-0.15, -0.1) is 0 Å². The Labute approximate surface area is 118 Å². The fourth-order valence-electron chi connectivity index (χ4n) is 2.03. The standard InChI is InChI=1S/C12H14N4O5/c1-15(3-2-4-17)9-6-7(16(20)21)5-8-10(9)14-12(19)11(18)13-8/h5-6,17H,2-4H2,1H3,(H,13,18)(H,14,19). The molecule has 0 saturated heterocycles. The summed E-state index contributed by atoms with van der Waals surface area (Å²) in [6, 6.07) is 2.50. The molecule has 0 saturated carbocycles. The van der Waals surface area contributed by atoms with Crippen molar-refractivity contribution in [3.05, 3.63) is 43.0 Å². The number of nitrogens with zero attached hydrogens (tertiary/aromatic N) is 2. The van der Waals surface area contributed by atoms with Crippen LogP contribution in [0.5, 0.6) is 0 Å². The fourth-order valence-corrected chi connectivity index (χ4v) is 2.03. The molecular weight excluding hydrogens is 280 g/mol. The van der Waals surface area contributed by atoms with Gasteiger partial charge in [-0.05, 0) is 6.42 Å². The average molecular weight is 294 g/mol. The van der Waals surface area contributed by atoms with Crippen molar-refractivity contribution in [2.75, 3.05) is 25.1 Å². The first-order valence-corrected chi connectivity index (χ1v) is 6.20. The van der Waals surface area contributed by atoms with Gasteiger partial charge in [0.05, 0.1) is 21.6 Å². The summed E-state index contributed by atoms with van der Waals surface area (Å²) in [5.74, 6) is 0. The Hall–Kier alpha value is -2.68. The van der Waals surface area contributed by atoms with Crippen LogP contribution in [0.15, 0.2) is 21.7 Å². The van der Waals surface area contributed by atoms with Crippen LogP contribution in [0.25, 0.3) is 11.0 Å². The minimum atomic E-state index is -0.869. The molecule has 9 nitrogen and oxygen atoms in total. The van der Waals surface area contributed by atoms with E-state index in [1.165, 1.54) is 12.1 Å². The lowest BCUT2D eigenvalue weighted by atomic mass is 10.2. The van der Waals surface area contributed by atoms with Gasteiger partial charge in [0, 0.05) is 32.3 Å². The third kappa shape index (κ3) is 2.92. The van der Waals surface area contributed by atoms with E-state index in [2.05, 4.69) is 9.97 Å².